The minimum Gasteiger partial charge on any atom is -0.488 e. The molecule has 8 heteroatoms. The second kappa shape index (κ2) is 8.30. The van der Waals surface area contributed by atoms with Crippen LogP contribution in [0.2, 0.25) is 0 Å². The van der Waals surface area contributed by atoms with Crippen LogP contribution in [0.15, 0.2) is 30.6 Å². The van der Waals surface area contributed by atoms with Gasteiger partial charge in [-0.15, -0.1) is 0 Å². The monoisotopic (exact) mass is 373 g/mol. The molecule has 1 fully saturated rings. The summed E-state index contributed by atoms with van der Waals surface area (Å²) in [4.78, 5) is 10.3. The van der Waals surface area contributed by atoms with Gasteiger partial charge in [-0.1, -0.05) is 0 Å². The number of nitrogens with one attached hydrogen (secondary N) is 1. The van der Waals surface area contributed by atoms with Crippen molar-refractivity contribution in [3.05, 3.63) is 41.9 Å². The van der Waals surface area contributed by atoms with Crippen molar-refractivity contribution < 1.29 is 13.9 Å². The van der Waals surface area contributed by atoms with Gasteiger partial charge in [0, 0.05) is 31.0 Å². The predicted octanol–water partition coefficient (Wildman–Crippen LogP) is 2.44. The summed E-state index contributed by atoms with van der Waals surface area (Å²) < 4.78 is 24.3. The van der Waals surface area contributed by atoms with Crippen molar-refractivity contribution in [2.75, 3.05) is 37.4 Å². The third-order valence-corrected chi connectivity index (χ3v) is 4.40. The summed E-state index contributed by atoms with van der Waals surface area (Å²) in [6, 6.07) is 6.88. The first-order chi connectivity index (χ1) is 13.0. The summed E-state index contributed by atoms with van der Waals surface area (Å²) in [5.41, 5.74) is 7.64. The van der Waals surface area contributed by atoms with Crippen molar-refractivity contribution in [2.45, 2.75) is 25.6 Å². The van der Waals surface area contributed by atoms with Gasteiger partial charge in [0.1, 0.15) is 30.2 Å². The smallest absolute Gasteiger partial charge is 0.132 e. The van der Waals surface area contributed by atoms with Crippen LogP contribution in [0.1, 0.15) is 24.6 Å². The molecule has 0 radical (unpaired) electrons. The highest BCUT2D eigenvalue weighted by Gasteiger charge is 2.23. The summed E-state index contributed by atoms with van der Waals surface area (Å²) in [5, 5.41) is 8.54. The molecule has 0 spiro atoms. The highest BCUT2D eigenvalue weighted by Crippen LogP contribution is 2.25. The van der Waals surface area contributed by atoms with Crippen molar-refractivity contribution in [2.24, 2.45) is 0 Å². The normalized spacial score (nSPS) is 17.7. The van der Waals surface area contributed by atoms with E-state index in [0.717, 1.165) is 0 Å². The number of rotatable bonds is 7. The number of halogens is 1. The van der Waals surface area contributed by atoms with Gasteiger partial charge in [0.25, 0.3) is 0 Å². The zero-order valence-corrected chi connectivity index (χ0v) is 15.5. The van der Waals surface area contributed by atoms with E-state index in [1.165, 1.54) is 6.33 Å². The largest absolute Gasteiger partial charge is 0.488 e. The van der Waals surface area contributed by atoms with Gasteiger partial charge in [0.2, 0.25) is 0 Å². The Kier molecular flexibility index (Phi) is 5.85. The summed E-state index contributed by atoms with van der Waals surface area (Å²) in [7, 11) is 1.61. The lowest BCUT2D eigenvalue weighted by Gasteiger charge is -2.17. The minimum absolute atomic E-state index is 0.130. The van der Waals surface area contributed by atoms with Gasteiger partial charge in [-0.25, -0.2) is 14.4 Å². The van der Waals surface area contributed by atoms with Crippen molar-refractivity contribution >= 4 is 17.2 Å². The van der Waals surface area contributed by atoms with Gasteiger partial charge >= 0.3 is 0 Å². The van der Waals surface area contributed by atoms with Crippen molar-refractivity contribution in [1.82, 2.24) is 9.97 Å². The number of nitrogens with two attached hydrogens (primary N) is 1. The van der Waals surface area contributed by atoms with Crippen LogP contribution in [0.25, 0.3) is 0 Å². The van der Waals surface area contributed by atoms with E-state index in [1.807, 2.05) is 11.8 Å². The summed E-state index contributed by atoms with van der Waals surface area (Å²) in [6.45, 7) is 3.27. The summed E-state index contributed by atoms with van der Waals surface area (Å²) in [6.07, 6.45) is 0.904. The summed E-state index contributed by atoms with van der Waals surface area (Å²) >= 11 is 0. The number of nitrogen functional groups attached to an aromatic ring is 1. The molecule has 7 nitrogen and oxygen atoms in total. The summed E-state index contributed by atoms with van der Waals surface area (Å²) in [5.74, 6) is 1.21. The number of anilines is 2. The second-order valence-corrected chi connectivity index (χ2v) is 6.60. The van der Waals surface area contributed by atoms with Gasteiger partial charge in [0.15, 0.2) is 0 Å². The van der Waals surface area contributed by atoms with Gasteiger partial charge < -0.3 is 20.1 Å². The quantitative estimate of drug-likeness (QED) is 0.571. The number of methoxy groups -OCH3 is 1. The molecular weight excluding hydrogens is 349 g/mol. The van der Waals surface area contributed by atoms with Crippen molar-refractivity contribution in [3.8, 4) is 5.75 Å². The molecule has 0 aliphatic carbocycles. The van der Waals surface area contributed by atoms with E-state index in [1.54, 1.807) is 31.4 Å². The van der Waals surface area contributed by atoms with Gasteiger partial charge in [0.05, 0.1) is 24.6 Å². The maximum Gasteiger partial charge on any atom is 0.132 e. The SMILES string of the molecule is COCC(C)Oc1ccc(N)c(C(=N)c2cc(N3CCC(F)C3)ncn2)c1. The molecule has 1 aliphatic heterocycles. The molecule has 1 saturated heterocycles. The van der Waals surface area contributed by atoms with Crippen molar-refractivity contribution in [3.63, 3.8) is 0 Å². The lowest BCUT2D eigenvalue weighted by molar-refractivity contribution is 0.0921. The van der Waals surface area contributed by atoms with E-state index < -0.39 is 6.17 Å². The Labute approximate surface area is 157 Å². The Morgan fingerprint density at radius 1 is 1.41 bits per heavy atom. The highest BCUT2D eigenvalue weighted by molar-refractivity contribution is 6.13. The van der Waals surface area contributed by atoms with Crippen LogP contribution in [0, 0.1) is 5.41 Å². The lowest BCUT2D eigenvalue weighted by atomic mass is 10.0. The molecule has 2 aromatic rings. The Bertz CT molecular complexity index is 816. The van der Waals surface area contributed by atoms with E-state index in [-0.39, 0.29) is 11.8 Å². The van der Waals surface area contributed by atoms with Crippen LogP contribution < -0.4 is 15.4 Å². The third-order valence-electron chi connectivity index (χ3n) is 4.40. The van der Waals surface area contributed by atoms with E-state index >= 15 is 0 Å². The predicted molar refractivity (Wildman–Crippen MR) is 103 cm³/mol. The van der Waals surface area contributed by atoms with Crippen molar-refractivity contribution in [1.29, 1.82) is 5.41 Å². The highest BCUT2D eigenvalue weighted by atomic mass is 19.1. The molecule has 0 bridgehead atoms. The van der Waals surface area contributed by atoms with Crippen LogP contribution in [-0.4, -0.2) is 54.8 Å². The fourth-order valence-corrected chi connectivity index (χ4v) is 3.05. The first kappa shape index (κ1) is 19.0. The fraction of sp³-hybridized carbons (Fsp3) is 0.421. The molecule has 3 rings (SSSR count). The first-order valence-corrected chi connectivity index (χ1v) is 8.83. The van der Waals surface area contributed by atoms with Crippen LogP contribution in [0.5, 0.6) is 5.75 Å². The molecule has 2 heterocycles. The molecule has 1 aromatic heterocycles. The van der Waals surface area contributed by atoms with Gasteiger partial charge in [-0.2, -0.15) is 0 Å². The Hall–Kier alpha value is -2.74. The van der Waals surface area contributed by atoms with E-state index in [2.05, 4.69) is 9.97 Å². The van der Waals surface area contributed by atoms with E-state index in [4.69, 9.17) is 20.6 Å². The maximum absolute atomic E-state index is 13.5. The molecule has 2 unspecified atom stereocenters. The van der Waals surface area contributed by atoms with Crippen LogP contribution in [-0.2, 0) is 4.74 Å². The molecule has 27 heavy (non-hydrogen) atoms. The minimum atomic E-state index is -0.846. The number of ether oxygens (including phenoxy) is 2. The molecule has 3 N–H and O–H groups in total. The Balaban J connectivity index is 1.83. The molecule has 2 atom stereocenters. The zero-order valence-electron chi connectivity index (χ0n) is 15.5. The molecule has 0 amide bonds. The molecule has 144 valence electrons. The topological polar surface area (TPSA) is 97.4 Å². The average Bonchev–Trinajstić information content (AvgIpc) is 3.09. The maximum atomic E-state index is 13.5. The number of hydrogen-bond acceptors (Lipinski definition) is 7. The third kappa shape index (κ3) is 4.51. The standard InChI is InChI=1S/C19H24FN5O2/c1-12(10-26-2)27-14-3-4-16(21)15(7-14)19(22)17-8-18(24-11-23-17)25-6-5-13(20)9-25/h3-4,7-8,11-13,22H,5-6,9-10,21H2,1-2H3. The number of aromatic nitrogens is 2. The molecule has 1 aliphatic rings. The van der Waals surface area contributed by atoms with Crippen LogP contribution in [0.4, 0.5) is 15.9 Å². The molecule has 1 aromatic carbocycles. The number of nitrogens with zero attached hydrogens (tertiary/aromatic N) is 3. The average molecular weight is 373 g/mol. The van der Waals surface area contributed by atoms with Gasteiger partial charge in [-0.05, 0) is 31.5 Å². The van der Waals surface area contributed by atoms with Crippen LogP contribution >= 0.6 is 0 Å². The Morgan fingerprint density at radius 2 is 2.22 bits per heavy atom. The zero-order chi connectivity index (χ0) is 19.4. The fourth-order valence-electron chi connectivity index (χ4n) is 3.05. The van der Waals surface area contributed by atoms with E-state index in [9.17, 15) is 4.39 Å². The Morgan fingerprint density at radius 3 is 2.93 bits per heavy atom. The van der Waals surface area contributed by atoms with E-state index in [0.29, 0.717) is 54.6 Å². The first-order valence-electron chi connectivity index (χ1n) is 8.83. The molecular formula is C19H24FN5O2. The molecule has 0 saturated carbocycles. The number of hydrogen-bond donors (Lipinski definition) is 2. The van der Waals surface area contributed by atoms with Crippen LogP contribution in [0.3, 0.4) is 0 Å². The lowest BCUT2D eigenvalue weighted by Crippen LogP contribution is -2.22. The number of alkyl halides is 1. The number of benzene rings is 1. The van der Waals surface area contributed by atoms with Gasteiger partial charge in [-0.3, -0.25) is 5.41 Å². The second-order valence-electron chi connectivity index (χ2n) is 6.60.